The number of benzene rings is 3. The number of rotatable bonds is 11. The molecule has 3 aromatic rings. The maximum absolute atomic E-state index is 13.5. The molecule has 7 nitrogen and oxygen atoms in total. The maximum Gasteiger partial charge on any atom is 0.265 e. The fourth-order valence-corrected chi connectivity index (χ4v) is 6.66. The summed E-state index contributed by atoms with van der Waals surface area (Å²) < 4.78 is 27.9. The van der Waals surface area contributed by atoms with Gasteiger partial charge in [0.15, 0.2) is 0 Å². The Morgan fingerprint density at radius 1 is 1.03 bits per heavy atom. The minimum atomic E-state index is -3.68. The van der Waals surface area contributed by atoms with E-state index in [4.69, 9.17) is 11.6 Å². The number of hydrogen-bond acceptors (Lipinski definition) is 4. The van der Waals surface area contributed by atoms with E-state index in [1.165, 1.54) is 4.31 Å². The molecule has 0 aromatic heterocycles. The van der Waals surface area contributed by atoms with Crippen LogP contribution in [0.3, 0.4) is 0 Å². The van der Waals surface area contributed by atoms with Crippen LogP contribution in [0.2, 0.25) is 5.02 Å². The zero-order valence-corrected chi connectivity index (χ0v) is 22.7. The lowest BCUT2D eigenvalue weighted by Gasteiger charge is -2.31. The molecule has 0 saturated heterocycles. The van der Waals surface area contributed by atoms with Crippen LogP contribution in [0.4, 0.5) is 5.69 Å². The Hall–Kier alpha value is -3.10. The van der Waals surface area contributed by atoms with Gasteiger partial charge in [0, 0.05) is 36.5 Å². The molecule has 3 aromatic carbocycles. The zero-order chi connectivity index (χ0) is 26.6. The van der Waals surface area contributed by atoms with Crippen LogP contribution in [0, 0.1) is 0 Å². The van der Waals surface area contributed by atoms with Crippen molar-refractivity contribution < 1.29 is 18.0 Å². The van der Waals surface area contributed by atoms with E-state index in [-0.39, 0.29) is 31.3 Å². The molecule has 196 valence electrons. The minimum Gasteiger partial charge on any atom is -0.354 e. The zero-order valence-electron chi connectivity index (χ0n) is 21.1. The van der Waals surface area contributed by atoms with E-state index in [1.807, 2.05) is 44.2 Å². The van der Waals surface area contributed by atoms with Gasteiger partial charge in [-0.15, -0.1) is 0 Å². The Kier molecular flexibility index (Phi) is 8.39. The fourth-order valence-electron chi connectivity index (χ4n) is 4.79. The second-order valence-electron chi connectivity index (χ2n) is 9.18. The highest BCUT2D eigenvalue weighted by Crippen LogP contribution is 2.42. The van der Waals surface area contributed by atoms with Gasteiger partial charge in [0.05, 0.1) is 10.6 Å². The van der Waals surface area contributed by atoms with Gasteiger partial charge in [-0.05, 0) is 54.5 Å². The number of carbonyl (C=O) groups is 2. The van der Waals surface area contributed by atoms with E-state index >= 15 is 0 Å². The lowest BCUT2D eigenvalue weighted by Crippen LogP contribution is -2.49. The van der Waals surface area contributed by atoms with Crippen LogP contribution in [0.25, 0.3) is 10.8 Å². The number of sulfonamides is 1. The van der Waals surface area contributed by atoms with Crippen LogP contribution in [0.15, 0.2) is 65.6 Å². The molecule has 2 amide bonds. The molecule has 1 N–H and O–H groups in total. The van der Waals surface area contributed by atoms with Crippen molar-refractivity contribution in [2.45, 2.75) is 57.0 Å². The summed E-state index contributed by atoms with van der Waals surface area (Å²) in [5.41, 5.74) is 1.51. The Morgan fingerprint density at radius 3 is 2.41 bits per heavy atom. The molecule has 1 atom stereocenters. The van der Waals surface area contributed by atoms with Crippen LogP contribution in [-0.4, -0.2) is 44.3 Å². The Bertz CT molecular complexity index is 1390. The predicted octanol–water partition coefficient (Wildman–Crippen LogP) is 5.12. The molecular weight excluding hydrogens is 510 g/mol. The molecule has 0 saturated carbocycles. The first kappa shape index (κ1) is 26.9. The topological polar surface area (TPSA) is 86.8 Å². The maximum atomic E-state index is 13.5. The van der Waals surface area contributed by atoms with Gasteiger partial charge in [-0.1, -0.05) is 61.8 Å². The SMILES string of the molecule is CCCNC(=O)C(CC)N(Cc1ccc(Cl)cc1)C(=O)CCCN1c2cccc3cccc(c23)S1(=O)=O. The summed E-state index contributed by atoms with van der Waals surface area (Å²) in [5.74, 6) is -0.378. The van der Waals surface area contributed by atoms with E-state index in [1.54, 1.807) is 35.2 Å². The molecule has 1 aliphatic rings. The first-order chi connectivity index (χ1) is 17.8. The number of hydrogen-bond donors (Lipinski definition) is 1. The van der Waals surface area contributed by atoms with Crippen LogP contribution in [0.1, 0.15) is 45.1 Å². The largest absolute Gasteiger partial charge is 0.354 e. The Morgan fingerprint density at radius 2 is 1.73 bits per heavy atom. The first-order valence-electron chi connectivity index (χ1n) is 12.6. The monoisotopic (exact) mass is 541 g/mol. The molecule has 4 rings (SSSR count). The van der Waals surface area contributed by atoms with Crippen molar-refractivity contribution in [2.24, 2.45) is 0 Å². The molecular formula is C28H32ClN3O4S. The van der Waals surface area contributed by atoms with Gasteiger partial charge in [-0.25, -0.2) is 8.42 Å². The molecule has 9 heteroatoms. The summed E-state index contributed by atoms with van der Waals surface area (Å²) >= 11 is 6.03. The van der Waals surface area contributed by atoms with Crippen LogP contribution < -0.4 is 9.62 Å². The van der Waals surface area contributed by atoms with Crippen molar-refractivity contribution in [3.05, 3.63) is 71.2 Å². The highest BCUT2D eigenvalue weighted by molar-refractivity contribution is 7.93. The van der Waals surface area contributed by atoms with E-state index in [9.17, 15) is 18.0 Å². The molecule has 0 fully saturated rings. The first-order valence-corrected chi connectivity index (χ1v) is 14.5. The summed E-state index contributed by atoms with van der Waals surface area (Å²) in [6.45, 7) is 4.84. The van der Waals surface area contributed by atoms with Gasteiger partial charge >= 0.3 is 0 Å². The van der Waals surface area contributed by atoms with E-state index < -0.39 is 16.1 Å². The molecule has 1 unspecified atom stereocenters. The smallest absolute Gasteiger partial charge is 0.265 e. The number of carbonyl (C=O) groups excluding carboxylic acids is 2. The van der Waals surface area contributed by atoms with Crippen LogP contribution >= 0.6 is 11.6 Å². The number of nitrogens with one attached hydrogen (secondary N) is 1. The minimum absolute atomic E-state index is 0.115. The second kappa shape index (κ2) is 11.5. The molecule has 0 bridgehead atoms. The van der Waals surface area contributed by atoms with Crippen LogP contribution in [0.5, 0.6) is 0 Å². The van der Waals surface area contributed by atoms with Crippen molar-refractivity contribution >= 4 is 49.9 Å². The summed E-state index contributed by atoms with van der Waals surface area (Å²) in [6.07, 6.45) is 1.70. The lowest BCUT2D eigenvalue weighted by molar-refractivity contribution is -0.141. The van der Waals surface area contributed by atoms with Gasteiger partial charge < -0.3 is 10.2 Å². The van der Waals surface area contributed by atoms with Gasteiger partial charge in [0.2, 0.25) is 11.8 Å². The average molecular weight is 542 g/mol. The van der Waals surface area contributed by atoms with Gasteiger partial charge in [-0.3, -0.25) is 13.9 Å². The molecule has 37 heavy (non-hydrogen) atoms. The van der Waals surface area contributed by atoms with Crippen molar-refractivity contribution in [3.8, 4) is 0 Å². The average Bonchev–Trinajstić information content (AvgIpc) is 3.11. The summed E-state index contributed by atoms with van der Waals surface area (Å²) in [4.78, 5) is 28.3. The summed E-state index contributed by atoms with van der Waals surface area (Å²) in [6, 6.07) is 17.4. The van der Waals surface area contributed by atoms with Crippen molar-refractivity contribution in [1.29, 1.82) is 0 Å². The number of halogens is 1. The quantitative estimate of drug-likeness (QED) is 0.365. The summed E-state index contributed by atoms with van der Waals surface area (Å²) in [7, 11) is -3.68. The third-order valence-corrected chi connectivity index (χ3v) is 8.74. The Labute approximate surface area is 223 Å². The molecule has 1 aliphatic heterocycles. The van der Waals surface area contributed by atoms with Crippen molar-refractivity contribution in [3.63, 3.8) is 0 Å². The van der Waals surface area contributed by atoms with Gasteiger partial charge in [0.25, 0.3) is 10.0 Å². The van der Waals surface area contributed by atoms with Crippen LogP contribution in [-0.2, 0) is 26.2 Å². The third kappa shape index (κ3) is 5.60. The number of nitrogens with zero attached hydrogens (tertiary/aromatic N) is 2. The summed E-state index contributed by atoms with van der Waals surface area (Å²) in [5, 5.41) is 5.09. The van der Waals surface area contributed by atoms with Gasteiger partial charge in [0.1, 0.15) is 6.04 Å². The van der Waals surface area contributed by atoms with Crippen molar-refractivity contribution in [2.75, 3.05) is 17.4 Å². The standard InChI is InChI=1S/C28H32ClN3O4S/c1-3-17-30-28(34)23(4-2)31(19-20-13-15-22(29)16-14-20)26(33)12-7-18-32-24-10-5-8-21-9-6-11-25(27(21)24)37(32,35)36/h5-6,8-11,13-16,23H,3-4,7,12,17-19H2,1-2H3,(H,30,34). The molecule has 0 radical (unpaired) electrons. The second-order valence-corrected chi connectivity index (χ2v) is 11.4. The number of amides is 2. The third-order valence-electron chi connectivity index (χ3n) is 6.63. The highest BCUT2D eigenvalue weighted by Gasteiger charge is 2.35. The lowest BCUT2D eigenvalue weighted by atomic mass is 10.1. The predicted molar refractivity (Wildman–Crippen MR) is 147 cm³/mol. The normalized spacial score (nSPS) is 14.5. The molecule has 0 spiro atoms. The Balaban J connectivity index is 1.51. The van der Waals surface area contributed by atoms with E-state index in [0.29, 0.717) is 35.0 Å². The molecule has 0 aliphatic carbocycles. The fraction of sp³-hybridized carbons (Fsp3) is 0.357. The number of anilines is 1. The molecule has 1 heterocycles. The van der Waals surface area contributed by atoms with E-state index in [2.05, 4.69) is 5.32 Å². The van der Waals surface area contributed by atoms with Crippen molar-refractivity contribution in [1.82, 2.24) is 10.2 Å². The highest BCUT2D eigenvalue weighted by atomic mass is 35.5. The van der Waals surface area contributed by atoms with E-state index in [0.717, 1.165) is 22.8 Å². The van der Waals surface area contributed by atoms with Gasteiger partial charge in [-0.2, -0.15) is 0 Å².